The minimum absolute atomic E-state index is 0. The first kappa shape index (κ1) is 19.7. The van der Waals surface area contributed by atoms with Crippen LogP contribution in [0.2, 0.25) is 0 Å². The second-order valence-corrected chi connectivity index (χ2v) is 6.96. The molecule has 3 rings (SSSR count). The summed E-state index contributed by atoms with van der Waals surface area (Å²) in [5.74, 6) is 1.76. The molecule has 6 heteroatoms. The third kappa shape index (κ3) is 5.68. The second-order valence-electron chi connectivity index (χ2n) is 5.84. The van der Waals surface area contributed by atoms with Crippen molar-refractivity contribution in [3.8, 4) is 10.8 Å². The van der Waals surface area contributed by atoms with Gasteiger partial charge in [0.25, 0.3) is 0 Å². The summed E-state index contributed by atoms with van der Waals surface area (Å²) < 4.78 is 5.66. The fourth-order valence-electron chi connectivity index (χ4n) is 2.65. The number of hydrogen-bond acceptors (Lipinski definition) is 5. The molecule has 0 aliphatic carbocycles. The van der Waals surface area contributed by atoms with Crippen molar-refractivity contribution in [1.29, 1.82) is 0 Å². The van der Waals surface area contributed by atoms with Crippen LogP contribution in [0.4, 0.5) is 0 Å². The molecule has 0 bridgehead atoms. The number of rotatable bonds is 8. The number of nitrogens with two attached hydrogens (primary N) is 1. The molecule has 0 saturated carbocycles. The van der Waals surface area contributed by atoms with Crippen molar-refractivity contribution in [3.63, 3.8) is 0 Å². The standard InChI is InChI=1S/C19H23N3OS.ClH/c1-15-7-8-18(23-15)19-21-13-17(24-19)14-22(12-10-20)11-9-16-5-3-2-4-6-16;/h2-8,13H,9-12,14,20H2,1H3;1H. The minimum Gasteiger partial charge on any atom is -0.459 e. The van der Waals surface area contributed by atoms with Gasteiger partial charge < -0.3 is 10.2 Å². The number of aryl methyl sites for hydroxylation is 1. The Kier molecular flexibility index (Phi) is 7.65. The van der Waals surface area contributed by atoms with Gasteiger partial charge >= 0.3 is 0 Å². The van der Waals surface area contributed by atoms with E-state index in [2.05, 4.69) is 40.2 Å². The van der Waals surface area contributed by atoms with E-state index in [0.717, 1.165) is 42.6 Å². The Morgan fingerprint density at radius 3 is 2.60 bits per heavy atom. The van der Waals surface area contributed by atoms with Gasteiger partial charge in [0.15, 0.2) is 10.8 Å². The van der Waals surface area contributed by atoms with Crippen LogP contribution in [-0.4, -0.2) is 29.5 Å². The molecule has 2 heterocycles. The monoisotopic (exact) mass is 377 g/mol. The fourth-order valence-corrected chi connectivity index (χ4v) is 3.57. The van der Waals surface area contributed by atoms with E-state index < -0.39 is 0 Å². The highest BCUT2D eigenvalue weighted by Gasteiger charge is 2.11. The Balaban J connectivity index is 0.00000225. The summed E-state index contributed by atoms with van der Waals surface area (Å²) in [4.78, 5) is 8.12. The molecule has 0 aliphatic rings. The van der Waals surface area contributed by atoms with E-state index in [9.17, 15) is 0 Å². The number of aromatic nitrogens is 1. The van der Waals surface area contributed by atoms with E-state index >= 15 is 0 Å². The van der Waals surface area contributed by atoms with E-state index in [1.807, 2.05) is 25.3 Å². The van der Waals surface area contributed by atoms with Crippen molar-refractivity contribution < 1.29 is 4.42 Å². The molecule has 3 aromatic rings. The van der Waals surface area contributed by atoms with Gasteiger partial charge in [0.1, 0.15) is 5.76 Å². The van der Waals surface area contributed by atoms with Crippen LogP contribution in [-0.2, 0) is 13.0 Å². The predicted octanol–water partition coefficient (Wildman–Crippen LogP) is 4.14. The van der Waals surface area contributed by atoms with Crippen molar-refractivity contribution >= 4 is 23.7 Å². The maximum Gasteiger partial charge on any atom is 0.162 e. The van der Waals surface area contributed by atoms with Gasteiger partial charge in [-0.15, -0.1) is 23.7 Å². The van der Waals surface area contributed by atoms with Gasteiger partial charge in [-0.2, -0.15) is 0 Å². The number of nitrogens with zero attached hydrogens (tertiary/aromatic N) is 2. The van der Waals surface area contributed by atoms with Gasteiger partial charge in [0, 0.05) is 37.3 Å². The van der Waals surface area contributed by atoms with Gasteiger partial charge in [-0.1, -0.05) is 30.3 Å². The summed E-state index contributed by atoms with van der Waals surface area (Å²) in [5.41, 5.74) is 7.14. The first-order chi connectivity index (χ1) is 11.7. The average Bonchev–Trinajstić information content (AvgIpc) is 3.23. The third-order valence-corrected chi connectivity index (χ3v) is 4.89. The lowest BCUT2D eigenvalue weighted by Gasteiger charge is -2.20. The molecule has 0 radical (unpaired) electrons. The molecule has 2 N–H and O–H groups in total. The third-order valence-electron chi connectivity index (χ3n) is 3.89. The van der Waals surface area contributed by atoms with Gasteiger partial charge in [0.05, 0.1) is 0 Å². The molecular weight excluding hydrogens is 354 g/mol. The van der Waals surface area contributed by atoms with Crippen molar-refractivity contribution in [2.75, 3.05) is 19.6 Å². The molecule has 0 saturated heterocycles. The molecule has 2 aromatic heterocycles. The Morgan fingerprint density at radius 1 is 1.12 bits per heavy atom. The highest BCUT2D eigenvalue weighted by molar-refractivity contribution is 7.14. The summed E-state index contributed by atoms with van der Waals surface area (Å²) in [6, 6.07) is 14.5. The van der Waals surface area contributed by atoms with Crippen LogP contribution in [0.3, 0.4) is 0 Å². The van der Waals surface area contributed by atoms with Crippen LogP contribution in [0.1, 0.15) is 16.2 Å². The van der Waals surface area contributed by atoms with E-state index in [1.54, 1.807) is 11.3 Å². The average molecular weight is 378 g/mol. The normalized spacial score (nSPS) is 10.8. The summed E-state index contributed by atoms with van der Waals surface area (Å²) in [5, 5.41) is 0.939. The molecule has 1 aromatic carbocycles. The molecule has 0 aliphatic heterocycles. The van der Waals surface area contributed by atoms with Crippen LogP contribution in [0.5, 0.6) is 0 Å². The number of benzene rings is 1. The Bertz CT molecular complexity index is 757. The van der Waals surface area contributed by atoms with Crippen molar-refractivity contribution in [1.82, 2.24) is 9.88 Å². The van der Waals surface area contributed by atoms with Crippen LogP contribution >= 0.6 is 23.7 Å². The molecule has 134 valence electrons. The van der Waals surface area contributed by atoms with E-state index in [-0.39, 0.29) is 12.4 Å². The largest absolute Gasteiger partial charge is 0.459 e. The summed E-state index contributed by atoms with van der Waals surface area (Å²) in [6.07, 6.45) is 2.98. The number of thiazole rings is 1. The second kappa shape index (κ2) is 9.73. The number of halogens is 1. The molecule has 0 atom stereocenters. The molecular formula is C19H24ClN3OS. The molecule has 0 unspecified atom stereocenters. The topological polar surface area (TPSA) is 55.3 Å². The zero-order valence-electron chi connectivity index (χ0n) is 14.4. The van der Waals surface area contributed by atoms with Crippen molar-refractivity contribution in [2.45, 2.75) is 19.9 Å². The SMILES string of the molecule is Cc1ccc(-c2ncc(CN(CCN)CCc3ccccc3)s2)o1.Cl. The van der Waals surface area contributed by atoms with E-state index in [1.165, 1.54) is 10.4 Å². The van der Waals surface area contributed by atoms with Crippen LogP contribution in [0.15, 0.2) is 53.1 Å². The highest BCUT2D eigenvalue weighted by atomic mass is 35.5. The van der Waals surface area contributed by atoms with Gasteiger partial charge in [0.2, 0.25) is 0 Å². The first-order valence-corrected chi connectivity index (χ1v) is 9.04. The van der Waals surface area contributed by atoms with Gasteiger partial charge in [-0.25, -0.2) is 4.98 Å². The number of furan rings is 1. The van der Waals surface area contributed by atoms with Crippen molar-refractivity contribution in [2.24, 2.45) is 5.73 Å². The Labute approximate surface area is 159 Å². The van der Waals surface area contributed by atoms with E-state index in [0.29, 0.717) is 6.54 Å². The minimum atomic E-state index is 0. The number of hydrogen-bond donors (Lipinski definition) is 1. The summed E-state index contributed by atoms with van der Waals surface area (Å²) in [7, 11) is 0. The molecule has 25 heavy (non-hydrogen) atoms. The zero-order chi connectivity index (χ0) is 16.8. The smallest absolute Gasteiger partial charge is 0.162 e. The summed E-state index contributed by atoms with van der Waals surface area (Å²) >= 11 is 1.69. The predicted molar refractivity (Wildman–Crippen MR) is 106 cm³/mol. The zero-order valence-corrected chi connectivity index (χ0v) is 16.0. The molecule has 0 amide bonds. The lowest BCUT2D eigenvalue weighted by molar-refractivity contribution is 0.278. The summed E-state index contributed by atoms with van der Waals surface area (Å²) in [6.45, 7) is 5.37. The Morgan fingerprint density at radius 2 is 1.92 bits per heavy atom. The quantitative estimate of drug-likeness (QED) is 0.641. The lowest BCUT2D eigenvalue weighted by Crippen LogP contribution is -2.30. The first-order valence-electron chi connectivity index (χ1n) is 8.22. The lowest BCUT2D eigenvalue weighted by atomic mass is 10.1. The van der Waals surface area contributed by atoms with Crippen LogP contribution < -0.4 is 5.73 Å². The molecule has 0 fully saturated rings. The van der Waals surface area contributed by atoms with Gasteiger partial charge in [-0.05, 0) is 31.0 Å². The van der Waals surface area contributed by atoms with Crippen LogP contribution in [0, 0.1) is 6.92 Å². The molecule has 4 nitrogen and oxygen atoms in total. The fraction of sp³-hybridized carbons (Fsp3) is 0.316. The van der Waals surface area contributed by atoms with Gasteiger partial charge in [-0.3, -0.25) is 4.90 Å². The van der Waals surface area contributed by atoms with E-state index in [4.69, 9.17) is 10.2 Å². The van der Waals surface area contributed by atoms with Crippen molar-refractivity contribution in [3.05, 3.63) is 64.9 Å². The highest BCUT2D eigenvalue weighted by Crippen LogP contribution is 2.27. The maximum atomic E-state index is 5.78. The van der Waals surface area contributed by atoms with Crippen LogP contribution in [0.25, 0.3) is 10.8 Å². The maximum absolute atomic E-state index is 5.78. The molecule has 0 spiro atoms. The Hall–Kier alpha value is -1.66.